The molecule has 0 amide bonds. The van der Waals surface area contributed by atoms with Gasteiger partial charge in [-0.15, -0.1) is 0 Å². The number of nitrogens with zero attached hydrogens (tertiary/aromatic N) is 2. The van der Waals surface area contributed by atoms with E-state index in [1.807, 2.05) is 68.5 Å². The lowest BCUT2D eigenvalue weighted by Gasteiger charge is -2.03. The Labute approximate surface area is 146 Å². The molecule has 24 heavy (non-hydrogen) atoms. The van der Waals surface area contributed by atoms with E-state index in [0.717, 1.165) is 28.0 Å². The van der Waals surface area contributed by atoms with Gasteiger partial charge in [0.05, 0.1) is 11.0 Å². The summed E-state index contributed by atoms with van der Waals surface area (Å²) in [5, 5.41) is 0.713. The van der Waals surface area contributed by atoms with Crippen LogP contribution < -0.4 is 5.73 Å². The molecule has 3 rings (SSSR count). The van der Waals surface area contributed by atoms with Gasteiger partial charge in [-0.05, 0) is 55.8 Å². The zero-order valence-electron chi connectivity index (χ0n) is 13.6. The predicted molar refractivity (Wildman–Crippen MR) is 102 cm³/mol. The summed E-state index contributed by atoms with van der Waals surface area (Å²) >= 11 is 6.16. The van der Waals surface area contributed by atoms with Crippen LogP contribution in [0.2, 0.25) is 5.02 Å². The molecule has 0 bridgehead atoms. The molecule has 0 radical (unpaired) electrons. The quantitative estimate of drug-likeness (QED) is 0.543. The van der Waals surface area contributed by atoms with Crippen molar-refractivity contribution in [1.82, 2.24) is 9.97 Å². The molecular formula is C19H19ClN4. The van der Waals surface area contributed by atoms with Crippen LogP contribution in [0.25, 0.3) is 23.2 Å². The van der Waals surface area contributed by atoms with Crippen LogP contribution in [0.1, 0.15) is 30.8 Å². The highest BCUT2D eigenvalue weighted by Gasteiger charge is 2.05. The van der Waals surface area contributed by atoms with Gasteiger partial charge in [-0.3, -0.25) is 4.99 Å². The average Bonchev–Trinajstić information content (AvgIpc) is 2.95. The normalized spacial score (nSPS) is 12.6. The molecule has 122 valence electrons. The van der Waals surface area contributed by atoms with E-state index in [1.165, 1.54) is 0 Å². The number of rotatable bonds is 4. The highest BCUT2D eigenvalue weighted by atomic mass is 35.5. The van der Waals surface area contributed by atoms with Crippen molar-refractivity contribution in [3.63, 3.8) is 0 Å². The maximum Gasteiger partial charge on any atom is 0.131 e. The van der Waals surface area contributed by atoms with Crippen LogP contribution in [0.15, 0.2) is 47.5 Å². The molecule has 2 aromatic carbocycles. The SMILES string of the molecule is CC(C)N=C(N)c1ccc2nc(/C=C\c3ccccc3Cl)[nH]c2c1. The van der Waals surface area contributed by atoms with E-state index in [-0.39, 0.29) is 6.04 Å². The van der Waals surface area contributed by atoms with E-state index in [4.69, 9.17) is 17.3 Å². The summed E-state index contributed by atoms with van der Waals surface area (Å²) in [7, 11) is 0. The Morgan fingerprint density at radius 2 is 2.00 bits per heavy atom. The molecule has 0 saturated carbocycles. The molecule has 3 N–H and O–H groups in total. The smallest absolute Gasteiger partial charge is 0.131 e. The summed E-state index contributed by atoms with van der Waals surface area (Å²) in [4.78, 5) is 12.2. The van der Waals surface area contributed by atoms with Crippen LogP contribution in [-0.2, 0) is 0 Å². The number of fused-ring (bicyclic) bond motifs is 1. The van der Waals surface area contributed by atoms with Crippen molar-refractivity contribution < 1.29 is 0 Å². The summed E-state index contributed by atoms with van der Waals surface area (Å²) < 4.78 is 0. The third-order valence-corrected chi connectivity index (χ3v) is 3.86. The summed E-state index contributed by atoms with van der Waals surface area (Å²) in [6.07, 6.45) is 3.85. The maximum atomic E-state index is 6.16. The van der Waals surface area contributed by atoms with Gasteiger partial charge in [0, 0.05) is 16.6 Å². The second-order valence-corrected chi connectivity index (χ2v) is 6.22. The number of aromatic nitrogens is 2. The molecule has 0 aliphatic heterocycles. The number of nitrogens with two attached hydrogens (primary N) is 1. The van der Waals surface area contributed by atoms with Crippen molar-refractivity contribution in [3.05, 3.63) is 64.4 Å². The Hall–Kier alpha value is -2.59. The van der Waals surface area contributed by atoms with Crippen LogP contribution >= 0.6 is 11.6 Å². The molecule has 0 fully saturated rings. The molecule has 0 atom stereocenters. The third-order valence-electron chi connectivity index (χ3n) is 3.52. The van der Waals surface area contributed by atoms with E-state index in [0.29, 0.717) is 10.9 Å². The Kier molecular flexibility index (Phi) is 4.67. The molecule has 0 aliphatic carbocycles. The lowest BCUT2D eigenvalue weighted by atomic mass is 10.2. The van der Waals surface area contributed by atoms with Gasteiger partial charge >= 0.3 is 0 Å². The van der Waals surface area contributed by atoms with Gasteiger partial charge in [0.1, 0.15) is 11.7 Å². The minimum absolute atomic E-state index is 0.163. The number of H-pyrrole nitrogens is 1. The van der Waals surface area contributed by atoms with E-state index < -0.39 is 0 Å². The molecule has 1 aromatic heterocycles. The number of halogens is 1. The predicted octanol–water partition coefficient (Wildman–Crippen LogP) is 4.50. The van der Waals surface area contributed by atoms with Gasteiger partial charge in [-0.1, -0.05) is 29.8 Å². The van der Waals surface area contributed by atoms with Crippen LogP contribution in [-0.4, -0.2) is 21.8 Å². The molecule has 3 aromatic rings. The van der Waals surface area contributed by atoms with Crippen molar-refractivity contribution in [2.24, 2.45) is 10.7 Å². The zero-order chi connectivity index (χ0) is 17.1. The largest absolute Gasteiger partial charge is 0.383 e. The van der Waals surface area contributed by atoms with Crippen molar-refractivity contribution in [2.45, 2.75) is 19.9 Å². The lowest BCUT2D eigenvalue weighted by molar-refractivity contribution is 0.834. The first-order chi connectivity index (χ1) is 11.5. The van der Waals surface area contributed by atoms with Gasteiger partial charge in [-0.25, -0.2) is 4.98 Å². The minimum atomic E-state index is 0.163. The van der Waals surface area contributed by atoms with Gasteiger partial charge in [0.15, 0.2) is 0 Å². The van der Waals surface area contributed by atoms with E-state index in [9.17, 15) is 0 Å². The first kappa shape index (κ1) is 16.3. The Bertz CT molecular complexity index is 922. The van der Waals surface area contributed by atoms with E-state index in [2.05, 4.69) is 15.0 Å². The van der Waals surface area contributed by atoms with E-state index in [1.54, 1.807) is 0 Å². The monoisotopic (exact) mass is 338 g/mol. The number of hydrogen-bond acceptors (Lipinski definition) is 2. The average molecular weight is 339 g/mol. The molecule has 5 heteroatoms. The summed E-state index contributed by atoms with van der Waals surface area (Å²) in [6, 6.07) is 13.7. The zero-order valence-corrected chi connectivity index (χ0v) is 14.4. The molecule has 0 saturated heterocycles. The van der Waals surface area contributed by atoms with Crippen molar-refractivity contribution in [2.75, 3.05) is 0 Å². The van der Waals surface area contributed by atoms with E-state index >= 15 is 0 Å². The van der Waals surface area contributed by atoms with Crippen LogP contribution in [0, 0.1) is 0 Å². The maximum absolute atomic E-state index is 6.16. The third kappa shape index (κ3) is 3.66. The number of hydrogen-bond donors (Lipinski definition) is 2. The summed E-state index contributed by atoms with van der Waals surface area (Å²) in [6.45, 7) is 4.00. The first-order valence-corrected chi connectivity index (χ1v) is 8.17. The molecular weight excluding hydrogens is 320 g/mol. The van der Waals surface area contributed by atoms with Crippen LogP contribution in [0.3, 0.4) is 0 Å². The van der Waals surface area contributed by atoms with Crippen LogP contribution in [0.5, 0.6) is 0 Å². The highest BCUT2D eigenvalue weighted by molar-refractivity contribution is 6.32. The Balaban J connectivity index is 1.90. The summed E-state index contributed by atoms with van der Waals surface area (Å²) in [5.41, 5.74) is 9.68. The first-order valence-electron chi connectivity index (χ1n) is 7.79. The number of nitrogens with one attached hydrogen (secondary N) is 1. The van der Waals surface area contributed by atoms with Gasteiger partial charge in [0.2, 0.25) is 0 Å². The molecule has 0 unspecified atom stereocenters. The van der Waals surface area contributed by atoms with Gasteiger partial charge in [0.25, 0.3) is 0 Å². The second-order valence-electron chi connectivity index (χ2n) is 5.82. The fraction of sp³-hybridized carbons (Fsp3) is 0.158. The Morgan fingerprint density at radius 1 is 1.21 bits per heavy atom. The summed E-state index contributed by atoms with van der Waals surface area (Å²) in [5.74, 6) is 1.30. The fourth-order valence-corrected chi connectivity index (χ4v) is 2.60. The van der Waals surface area contributed by atoms with Crippen molar-refractivity contribution in [1.29, 1.82) is 0 Å². The van der Waals surface area contributed by atoms with Crippen LogP contribution in [0.4, 0.5) is 0 Å². The minimum Gasteiger partial charge on any atom is -0.383 e. The fourth-order valence-electron chi connectivity index (χ4n) is 2.40. The van der Waals surface area contributed by atoms with Gasteiger partial charge in [-0.2, -0.15) is 0 Å². The second kappa shape index (κ2) is 6.89. The lowest BCUT2D eigenvalue weighted by Crippen LogP contribution is -2.15. The molecule has 0 aliphatic rings. The molecule has 0 spiro atoms. The topological polar surface area (TPSA) is 67.1 Å². The standard InChI is InChI=1S/C19H19ClN4/c1-12(2)22-19(21)14-7-9-16-17(11-14)24-18(23-16)10-8-13-5-3-4-6-15(13)20/h3-12H,1-2H3,(H2,21,22)(H,23,24)/b10-8-. The van der Waals surface area contributed by atoms with Crippen molar-refractivity contribution >= 4 is 40.6 Å². The molecule has 4 nitrogen and oxygen atoms in total. The number of amidine groups is 1. The highest BCUT2D eigenvalue weighted by Crippen LogP contribution is 2.19. The van der Waals surface area contributed by atoms with Crippen molar-refractivity contribution in [3.8, 4) is 0 Å². The number of aliphatic imine (C=N–C) groups is 1. The number of benzene rings is 2. The number of aromatic amines is 1. The molecule has 1 heterocycles. The van der Waals surface area contributed by atoms with Gasteiger partial charge < -0.3 is 10.7 Å². The Morgan fingerprint density at radius 3 is 2.75 bits per heavy atom. The number of imidazole rings is 1.